The van der Waals surface area contributed by atoms with E-state index >= 15 is 0 Å². The third-order valence-corrected chi connectivity index (χ3v) is 3.17. The van der Waals surface area contributed by atoms with Gasteiger partial charge < -0.3 is 5.11 Å². The van der Waals surface area contributed by atoms with E-state index < -0.39 is 0 Å². The van der Waals surface area contributed by atoms with Gasteiger partial charge in [-0.3, -0.25) is 0 Å². The van der Waals surface area contributed by atoms with Gasteiger partial charge in [0.25, 0.3) is 0 Å². The molecule has 0 aliphatic heterocycles. The number of hydrogen-bond donors (Lipinski definition) is 2. The van der Waals surface area contributed by atoms with E-state index in [1.807, 2.05) is 20.8 Å². The van der Waals surface area contributed by atoms with E-state index in [0.29, 0.717) is 10.6 Å². The molecule has 0 saturated heterocycles. The molecule has 1 aromatic carbocycles. The Kier molecular flexibility index (Phi) is 2.38. The molecule has 0 saturated carbocycles. The molecule has 0 unspecified atom stereocenters. The fraction of sp³-hybridized carbons (Fsp3) is 0.400. The summed E-state index contributed by atoms with van der Waals surface area (Å²) in [6.07, 6.45) is 0. The number of phenols is 1. The Morgan fingerprint density at radius 2 is 1.25 bits per heavy atom. The minimum Gasteiger partial charge on any atom is -0.506 e. The van der Waals surface area contributed by atoms with Crippen LogP contribution in [0, 0.1) is 27.7 Å². The molecule has 1 N–H and O–H groups in total. The van der Waals surface area contributed by atoms with Gasteiger partial charge in [-0.25, -0.2) is 0 Å². The SMILES string of the molecule is Cc1c(C)c(C)c(S)c(O)c1C. The summed E-state index contributed by atoms with van der Waals surface area (Å²) in [5.74, 6) is 0.318. The highest BCUT2D eigenvalue weighted by Crippen LogP contribution is 2.33. The largest absolute Gasteiger partial charge is 0.506 e. The molecule has 0 amide bonds. The van der Waals surface area contributed by atoms with Crippen LogP contribution in [0.3, 0.4) is 0 Å². The van der Waals surface area contributed by atoms with E-state index in [4.69, 9.17) is 0 Å². The number of rotatable bonds is 0. The molecule has 0 aliphatic carbocycles. The monoisotopic (exact) mass is 182 g/mol. The van der Waals surface area contributed by atoms with Crippen molar-refractivity contribution in [1.29, 1.82) is 0 Å². The zero-order valence-corrected chi connectivity index (χ0v) is 8.79. The fourth-order valence-electron chi connectivity index (χ4n) is 1.27. The van der Waals surface area contributed by atoms with Crippen LogP contribution in [0.5, 0.6) is 5.75 Å². The quantitative estimate of drug-likeness (QED) is 0.591. The topological polar surface area (TPSA) is 20.2 Å². The minimum absolute atomic E-state index is 0.318. The van der Waals surface area contributed by atoms with E-state index in [0.717, 1.165) is 16.7 Å². The van der Waals surface area contributed by atoms with Crippen molar-refractivity contribution in [1.82, 2.24) is 0 Å². The average Bonchev–Trinajstić information content (AvgIpc) is 2.08. The molecule has 1 nitrogen and oxygen atoms in total. The van der Waals surface area contributed by atoms with Crippen LogP contribution in [-0.4, -0.2) is 5.11 Å². The zero-order chi connectivity index (χ0) is 9.46. The Hall–Kier alpha value is -0.630. The van der Waals surface area contributed by atoms with Crippen molar-refractivity contribution >= 4 is 12.6 Å². The van der Waals surface area contributed by atoms with Gasteiger partial charge in [0.2, 0.25) is 0 Å². The highest BCUT2D eigenvalue weighted by atomic mass is 32.1. The Bertz CT molecular complexity index is 224. The Morgan fingerprint density at radius 3 is 1.75 bits per heavy atom. The van der Waals surface area contributed by atoms with Crippen molar-refractivity contribution in [3.05, 3.63) is 22.3 Å². The van der Waals surface area contributed by atoms with Crippen LogP contribution < -0.4 is 0 Å². The lowest BCUT2D eigenvalue weighted by atomic mass is 9.99. The molecule has 0 atom stereocenters. The van der Waals surface area contributed by atoms with Gasteiger partial charge in [-0.2, -0.15) is 0 Å². The zero-order valence-electron chi connectivity index (χ0n) is 7.89. The van der Waals surface area contributed by atoms with E-state index in [-0.39, 0.29) is 0 Å². The van der Waals surface area contributed by atoms with Gasteiger partial charge in [0.15, 0.2) is 0 Å². The second-order valence-corrected chi connectivity index (χ2v) is 3.64. The fourth-order valence-corrected chi connectivity index (χ4v) is 1.61. The maximum atomic E-state index is 9.62. The maximum Gasteiger partial charge on any atom is 0.132 e. The molecule has 12 heavy (non-hydrogen) atoms. The van der Waals surface area contributed by atoms with Crippen LogP contribution in [0.25, 0.3) is 0 Å². The molecule has 0 aliphatic rings. The van der Waals surface area contributed by atoms with E-state index in [1.165, 1.54) is 5.56 Å². The molecule has 1 rings (SSSR count). The molecule has 0 fully saturated rings. The summed E-state index contributed by atoms with van der Waals surface area (Å²) in [6.45, 7) is 7.96. The van der Waals surface area contributed by atoms with Crippen LogP contribution in [0.15, 0.2) is 4.90 Å². The summed E-state index contributed by atoms with van der Waals surface area (Å²) in [5, 5.41) is 9.62. The normalized spacial score (nSPS) is 10.4. The summed E-state index contributed by atoms with van der Waals surface area (Å²) in [7, 11) is 0. The molecule has 0 heterocycles. The third kappa shape index (κ3) is 1.20. The first-order valence-electron chi connectivity index (χ1n) is 3.95. The molecule has 0 bridgehead atoms. The van der Waals surface area contributed by atoms with Gasteiger partial charge in [0.05, 0.1) is 0 Å². The van der Waals surface area contributed by atoms with Gasteiger partial charge in [0.1, 0.15) is 5.75 Å². The van der Waals surface area contributed by atoms with Crippen molar-refractivity contribution in [3.8, 4) is 5.75 Å². The highest BCUT2D eigenvalue weighted by molar-refractivity contribution is 7.80. The van der Waals surface area contributed by atoms with Crippen LogP contribution >= 0.6 is 12.6 Å². The molecule has 0 spiro atoms. The molecular formula is C10H14OS. The lowest BCUT2D eigenvalue weighted by molar-refractivity contribution is 0.456. The van der Waals surface area contributed by atoms with Gasteiger partial charge >= 0.3 is 0 Å². The first-order valence-corrected chi connectivity index (χ1v) is 4.39. The second-order valence-electron chi connectivity index (χ2n) is 3.20. The number of aromatic hydroxyl groups is 1. The smallest absolute Gasteiger partial charge is 0.132 e. The summed E-state index contributed by atoms with van der Waals surface area (Å²) in [5.41, 5.74) is 4.38. The molecular weight excluding hydrogens is 168 g/mol. The highest BCUT2D eigenvalue weighted by Gasteiger charge is 2.10. The lowest BCUT2D eigenvalue weighted by Crippen LogP contribution is -1.93. The minimum atomic E-state index is 0.318. The van der Waals surface area contributed by atoms with Crippen molar-refractivity contribution in [2.75, 3.05) is 0 Å². The van der Waals surface area contributed by atoms with Crippen LogP contribution in [0.4, 0.5) is 0 Å². The summed E-state index contributed by atoms with van der Waals surface area (Å²) < 4.78 is 0. The number of benzene rings is 1. The Labute approximate surface area is 78.8 Å². The lowest BCUT2D eigenvalue weighted by Gasteiger charge is -2.13. The standard InChI is InChI=1S/C10H14OS/c1-5-6(2)8(4)10(12)9(11)7(5)3/h11-12H,1-4H3. The Balaban J connectivity index is 3.60. The second kappa shape index (κ2) is 3.02. The van der Waals surface area contributed by atoms with Gasteiger partial charge in [-0.1, -0.05) is 0 Å². The van der Waals surface area contributed by atoms with Crippen LogP contribution in [0.1, 0.15) is 22.3 Å². The summed E-state index contributed by atoms with van der Waals surface area (Å²) in [6, 6.07) is 0. The summed E-state index contributed by atoms with van der Waals surface area (Å²) >= 11 is 4.25. The van der Waals surface area contributed by atoms with Crippen molar-refractivity contribution in [3.63, 3.8) is 0 Å². The molecule has 0 aromatic heterocycles. The van der Waals surface area contributed by atoms with Gasteiger partial charge in [-0.05, 0) is 49.9 Å². The van der Waals surface area contributed by atoms with E-state index in [9.17, 15) is 5.11 Å². The first kappa shape index (κ1) is 9.46. The van der Waals surface area contributed by atoms with E-state index in [1.54, 1.807) is 0 Å². The predicted octanol–water partition coefficient (Wildman–Crippen LogP) is 2.91. The molecule has 66 valence electrons. The third-order valence-electron chi connectivity index (χ3n) is 2.62. The van der Waals surface area contributed by atoms with Crippen molar-refractivity contribution in [2.24, 2.45) is 0 Å². The number of phenolic OH excluding ortho intramolecular Hbond substituents is 1. The first-order chi connectivity index (χ1) is 5.46. The van der Waals surface area contributed by atoms with Crippen molar-refractivity contribution < 1.29 is 5.11 Å². The van der Waals surface area contributed by atoms with Gasteiger partial charge in [0, 0.05) is 4.90 Å². The number of thiol groups is 1. The predicted molar refractivity (Wildman–Crippen MR) is 54.3 cm³/mol. The van der Waals surface area contributed by atoms with E-state index in [2.05, 4.69) is 19.6 Å². The van der Waals surface area contributed by atoms with Crippen molar-refractivity contribution in [2.45, 2.75) is 32.6 Å². The van der Waals surface area contributed by atoms with Crippen LogP contribution in [-0.2, 0) is 0 Å². The average molecular weight is 182 g/mol. The maximum absolute atomic E-state index is 9.62. The van der Waals surface area contributed by atoms with Gasteiger partial charge in [-0.15, -0.1) is 12.6 Å². The molecule has 1 aromatic rings. The molecule has 0 radical (unpaired) electrons. The Morgan fingerprint density at radius 1 is 0.833 bits per heavy atom. The molecule has 2 heteroatoms. The summed E-state index contributed by atoms with van der Waals surface area (Å²) in [4.78, 5) is 0.704. The van der Waals surface area contributed by atoms with Crippen LogP contribution in [0.2, 0.25) is 0 Å². The number of hydrogen-bond acceptors (Lipinski definition) is 2.